The van der Waals surface area contributed by atoms with Gasteiger partial charge < -0.3 is 10.2 Å². The molecule has 11 heavy (non-hydrogen) atoms. The maximum Gasteiger partial charge on any atom is 0.136 e. The summed E-state index contributed by atoms with van der Waals surface area (Å²) < 4.78 is 0. The van der Waals surface area contributed by atoms with Crippen LogP contribution in [-0.2, 0) is 0 Å². The SMILES string of the molecule is C1C[NH2+][C@H](C[NH+]2CCCC2)C1. The first kappa shape index (κ1) is 7.56. The quantitative estimate of drug-likeness (QED) is 0.480. The van der Waals surface area contributed by atoms with E-state index in [2.05, 4.69) is 5.32 Å². The van der Waals surface area contributed by atoms with E-state index in [1.54, 1.807) is 0 Å². The summed E-state index contributed by atoms with van der Waals surface area (Å²) >= 11 is 0. The van der Waals surface area contributed by atoms with E-state index in [1.807, 2.05) is 4.90 Å². The van der Waals surface area contributed by atoms with Crippen LogP contribution < -0.4 is 10.2 Å². The number of hydrogen-bond donors (Lipinski definition) is 2. The summed E-state index contributed by atoms with van der Waals surface area (Å²) in [5.41, 5.74) is 0. The lowest BCUT2D eigenvalue weighted by molar-refractivity contribution is -0.906. The van der Waals surface area contributed by atoms with E-state index in [1.165, 1.54) is 51.9 Å². The second kappa shape index (κ2) is 3.55. The standard InChI is InChI=1S/C9H18N2/c1-2-7-11(6-1)8-9-4-3-5-10-9/h9-10H,1-8H2/p+2/t9-/m0/s1. The highest BCUT2D eigenvalue weighted by atomic mass is 15.2. The predicted octanol–water partition coefficient (Wildman–Crippen LogP) is -1.61. The molecule has 3 N–H and O–H groups in total. The third-order valence-electron chi connectivity index (χ3n) is 3.14. The first-order chi connectivity index (χ1) is 5.45. The third-order valence-corrected chi connectivity index (χ3v) is 3.14. The van der Waals surface area contributed by atoms with Gasteiger partial charge in [-0.25, -0.2) is 0 Å². The van der Waals surface area contributed by atoms with Gasteiger partial charge in [0, 0.05) is 25.7 Å². The van der Waals surface area contributed by atoms with Gasteiger partial charge in [0.05, 0.1) is 19.6 Å². The van der Waals surface area contributed by atoms with Crippen LogP contribution in [-0.4, -0.2) is 32.2 Å². The Balaban J connectivity index is 1.71. The average molecular weight is 156 g/mol. The zero-order valence-corrected chi connectivity index (χ0v) is 7.31. The van der Waals surface area contributed by atoms with E-state index in [-0.39, 0.29) is 0 Å². The summed E-state index contributed by atoms with van der Waals surface area (Å²) in [6, 6.07) is 0.975. The van der Waals surface area contributed by atoms with Crippen LogP contribution in [0.3, 0.4) is 0 Å². The van der Waals surface area contributed by atoms with Crippen LogP contribution in [0.1, 0.15) is 25.7 Å². The Kier molecular flexibility index (Phi) is 2.44. The molecule has 0 spiro atoms. The van der Waals surface area contributed by atoms with Crippen LogP contribution in [0.5, 0.6) is 0 Å². The van der Waals surface area contributed by atoms with Crippen molar-refractivity contribution in [2.24, 2.45) is 0 Å². The zero-order valence-electron chi connectivity index (χ0n) is 7.31. The van der Waals surface area contributed by atoms with Crippen molar-refractivity contribution in [3.05, 3.63) is 0 Å². The normalized spacial score (nSPS) is 33.3. The smallest absolute Gasteiger partial charge is 0.136 e. The first-order valence-electron chi connectivity index (χ1n) is 5.12. The van der Waals surface area contributed by atoms with Gasteiger partial charge in [0.2, 0.25) is 0 Å². The van der Waals surface area contributed by atoms with E-state index >= 15 is 0 Å². The van der Waals surface area contributed by atoms with E-state index in [0.717, 1.165) is 6.04 Å². The second-order valence-corrected chi connectivity index (χ2v) is 4.09. The molecule has 2 rings (SSSR count). The van der Waals surface area contributed by atoms with Crippen molar-refractivity contribution in [1.29, 1.82) is 0 Å². The summed E-state index contributed by atoms with van der Waals surface area (Å²) in [5.74, 6) is 0. The molecule has 1 atom stereocenters. The molecule has 0 radical (unpaired) electrons. The second-order valence-electron chi connectivity index (χ2n) is 4.09. The third kappa shape index (κ3) is 1.94. The van der Waals surface area contributed by atoms with Gasteiger partial charge in [0.1, 0.15) is 12.6 Å². The highest BCUT2D eigenvalue weighted by Crippen LogP contribution is 1.95. The number of hydrogen-bond acceptors (Lipinski definition) is 0. The fraction of sp³-hybridized carbons (Fsp3) is 1.00. The molecule has 2 saturated heterocycles. The van der Waals surface area contributed by atoms with Crippen molar-refractivity contribution in [3.63, 3.8) is 0 Å². The van der Waals surface area contributed by atoms with E-state index < -0.39 is 0 Å². The van der Waals surface area contributed by atoms with Crippen molar-refractivity contribution in [2.75, 3.05) is 26.2 Å². The molecule has 0 bridgehead atoms. The van der Waals surface area contributed by atoms with Crippen molar-refractivity contribution in [1.82, 2.24) is 0 Å². The molecule has 2 aliphatic rings. The maximum atomic E-state index is 2.55. The minimum absolute atomic E-state index is 0.975. The van der Waals surface area contributed by atoms with Gasteiger partial charge in [-0.2, -0.15) is 0 Å². The minimum Gasteiger partial charge on any atom is -0.339 e. The van der Waals surface area contributed by atoms with Gasteiger partial charge in [0.15, 0.2) is 0 Å². The summed E-state index contributed by atoms with van der Waals surface area (Å²) in [5, 5.41) is 2.55. The Morgan fingerprint density at radius 3 is 2.64 bits per heavy atom. The fourth-order valence-electron chi connectivity index (χ4n) is 2.49. The fourth-order valence-corrected chi connectivity index (χ4v) is 2.49. The van der Waals surface area contributed by atoms with Gasteiger partial charge in [-0.15, -0.1) is 0 Å². The monoisotopic (exact) mass is 156 g/mol. The molecular formula is C9H20N2+2. The summed E-state index contributed by atoms with van der Waals surface area (Å²) in [7, 11) is 0. The topological polar surface area (TPSA) is 21.1 Å². The molecule has 0 unspecified atom stereocenters. The molecule has 64 valence electrons. The van der Waals surface area contributed by atoms with Crippen LogP contribution in [0.15, 0.2) is 0 Å². The highest BCUT2D eigenvalue weighted by molar-refractivity contribution is 4.58. The Bertz CT molecular complexity index is 98.7. The van der Waals surface area contributed by atoms with Crippen molar-refractivity contribution < 1.29 is 10.2 Å². The Morgan fingerprint density at radius 1 is 1.18 bits per heavy atom. The molecule has 2 fully saturated rings. The predicted molar refractivity (Wildman–Crippen MR) is 44.6 cm³/mol. The maximum absolute atomic E-state index is 2.55. The van der Waals surface area contributed by atoms with Gasteiger partial charge in [0.25, 0.3) is 0 Å². The van der Waals surface area contributed by atoms with E-state index in [0.29, 0.717) is 0 Å². The molecule has 0 aromatic carbocycles. The van der Waals surface area contributed by atoms with Gasteiger partial charge >= 0.3 is 0 Å². The molecular weight excluding hydrogens is 136 g/mol. The molecule has 2 heteroatoms. The lowest BCUT2D eigenvalue weighted by Crippen LogP contribution is -3.14. The zero-order chi connectivity index (χ0) is 7.52. The Morgan fingerprint density at radius 2 is 2.00 bits per heavy atom. The molecule has 2 nitrogen and oxygen atoms in total. The Hall–Kier alpha value is -0.0800. The largest absolute Gasteiger partial charge is 0.339 e. The lowest BCUT2D eigenvalue weighted by Gasteiger charge is -2.14. The number of nitrogens with one attached hydrogen (secondary N) is 1. The average Bonchev–Trinajstić information content (AvgIpc) is 2.60. The molecule has 0 saturated carbocycles. The van der Waals surface area contributed by atoms with Crippen molar-refractivity contribution >= 4 is 0 Å². The van der Waals surface area contributed by atoms with Crippen molar-refractivity contribution in [3.8, 4) is 0 Å². The van der Waals surface area contributed by atoms with Crippen LogP contribution >= 0.6 is 0 Å². The Labute approximate surface area is 69.0 Å². The number of rotatable bonds is 2. The molecule has 0 aliphatic carbocycles. The number of nitrogens with two attached hydrogens (primary N) is 1. The molecule has 2 aliphatic heterocycles. The van der Waals surface area contributed by atoms with Gasteiger partial charge in [-0.05, 0) is 0 Å². The van der Waals surface area contributed by atoms with Gasteiger partial charge in [-0.3, -0.25) is 0 Å². The van der Waals surface area contributed by atoms with Crippen LogP contribution in [0.4, 0.5) is 0 Å². The lowest BCUT2D eigenvalue weighted by atomic mass is 10.2. The van der Waals surface area contributed by atoms with Crippen LogP contribution in [0, 0.1) is 0 Å². The molecule has 0 aromatic heterocycles. The van der Waals surface area contributed by atoms with E-state index in [9.17, 15) is 0 Å². The minimum atomic E-state index is 0.975. The van der Waals surface area contributed by atoms with Crippen molar-refractivity contribution in [2.45, 2.75) is 31.7 Å². The number of quaternary nitrogens is 2. The highest BCUT2D eigenvalue weighted by Gasteiger charge is 2.25. The van der Waals surface area contributed by atoms with Gasteiger partial charge in [-0.1, -0.05) is 0 Å². The first-order valence-corrected chi connectivity index (χ1v) is 5.12. The van der Waals surface area contributed by atoms with Crippen LogP contribution in [0.2, 0.25) is 0 Å². The van der Waals surface area contributed by atoms with E-state index in [4.69, 9.17) is 0 Å². The summed E-state index contributed by atoms with van der Waals surface area (Å²) in [6.45, 7) is 5.73. The van der Waals surface area contributed by atoms with Crippen LogP contribution in [0.25, 0.3) is 0 Å². The molecule has 0 amide bonds. The molecule has 2 heterocycles. The number of likely N-dealkylation sites (tertiary alicyclic amines) is 1. The molecule has 0 aromatic rings. The summed E-state index contributed by atoms with van der Waals surface area (Å²) in [6.07, 6.45) is 5.88. The summed E-state index contributed by atoms with van der Waals surface area (Å²) in [4.78, 5) is 1.87.